The van der Waals surface area contributed by atoms with Gasteiger partial charge in [-0.2, -0.15) is 4.99 Å². The molecule has 0 aliphatic rings. The number of hydrogen-bond acceptors (Lipinski definition) is 5. The molecule has 0 saturated carbocycles. The van der Waals surface area contributed by atoms with Crippen LogP contribution in [0.3, 0.4) is 0 Å². The van der Waals surface area contributed by atoms with E-state index >= 15 is 0 Å². The minimum absolute atomic E-state index is 0.181. The third-order valence-electron chi connectivity index (χ3n) is 4.47. The smallest absolute Gasteiger partial charge is 0.307 e. The molecule has 0 aliphatic carbocycles. The number of methoxy groups -OCH3 is 1. The summed E-state index contributed by atoms with van der Waals surface area (Å²) in [6, 6.07) is 15.6. The molecule has 0 radical (unpaired) electrons. The van der Waals surface area contributed by atoms with Gasteiger partial charge in [-0.15, -0.1) is 0 Å². The second-order valence-corrected chi connectivity index (χ2v) is 7.44. The van der Waals surface area contributed by atoms with Crippen LogP contribution in [0.15, 0.2) is 53.5 Å². The highest BCUT2D eigenvalue weighted by Crippen LogP contribution is 2.20. The third kappa shape index (κ3) is 5.54. The number of aryl methyl sites for hydroxylation is 2. The van der Waals surface area contributed by atoms with Crippen LogP contribution in [-0.4, -0.2) is 30.2 Å². The number of ether oxygens (including phenoxy) is 2. The fourth-order valence-electron chi connectivity index (χ4n) is 2.88. The zero-order valence-corrected chi connectivity index (χ0v) is 17.4. The number of carbonyl (C=O) groups is 2. The van der Waals surface area contributed by atoms with Gasteiger partial charge in [0.05, 0.1) is 36.8 Å². The van der Waals surface area contributed by atoms with E-state index in [2.05, 4.69) is 24.0 Å². The predicted molar refractivity (Wildman–Crippen MR) is 113 cm³/mol. The van der Waals surface area contributed by atoms with Crippen molar-refractivity contribution < 1.29 is 19.1 Å². The van der Waals surface area contributed by atoms with E-state index < -0.39 is 0 Å². The minimum Gasteiger partial charge on any atom is -0.493 e. The van der Waals surface area contributed by atoms with Crippen LogP contribution in [0.2, 0.25) is 0 Å². The molecule has 0 spiro atoms. The van der Waals surface area contributed by atoms with Crippen LogP contribution in [0.1, 0.15) is 25.3 Å². The van der Waals surface area contributed by atoms with Crippen LogP contribution in [0.25, 0.3) is 10.2 Å². The van der Waals surface area contributed by atoms with Crippen molar-refractivity contribution in [2.75, 3.05) is 13.7 Å². The zero-order valence-electron chi connectivity index (χ0n) is 16.6. The van der Waals surface area contributed by atoms with Gasteiger partial charge in [0, 0.05) is 6.54 Å². The molecule has 0 atom stereocenters. The van der Waals surface area contributed by atoms with Gasteiger partial charge in [0.2, 0.25) is 0 Å². The largest absolute Gasteiger partial charge is 0.493 e. The van der Waals surface area contributed by atoms with Crippen LogP contribution in [0.5, 0.6) is 5.75 Å². The van der Waals surface area contributed by atoms with Crippen molar-refractivity contribution in [3.05, 3.63) is 58.9 Å². The highest BCUT2D eigenvalue weighted by Gasteiger charge is 2.11. The molecule has 7 heteroatoms. The molecule has 6 nitrogen and oxygen atoms in total. The summed E-state index contributed by atoms with van der Waals surface area (Å²) in [6.07, 6.45) is 1.33. The van der Waals surface area contributed by atoms with Crippen molar-refractivity contribution in [3.8, 4) is 5.75 Å². The number of rotatable bonds is 8. The molecule has 0 aliphatic heterocycles. The summed E-state index contributed by atoms with van der Waals surface area (Å²) in [5, 5.41) is 0. The molecule has 2 aromatic carbocycles. The first-order valence-corrected chi connectivity index (χ1v) is 10.4. The fourth-order valence-corrected chi connectivity index (χ4v) is 4.02. The van der Waals surface area contributed by atoms with Gasteiger partial charge >= 0.3 is 5.97 Å². The standard InChI is InChI=1S/C22H24N2O4S/c1-3-16-9-10-18-19(15-16)29-22(24(18)13-11-21(26)27-2)23-20(25)12-14-28-17-7-5-4-6-8-17/h4-10,15H,3,11-14H2,1-2H3. The maximum atomic E-state index is 12.4. The van der Waals surface area contributed by atoms with Gasteiger partial charge in [-0.1, -0.05) is 42.5 Å². The monoisotopic (exact) mass is 412 g/mol. The molecule has 0 unspecified atom stereocenters. The molecule has 3 rings (SSSR count). The van der Waals surface area contributed by atoms with E-state index in [0.717, 1.165) is 22.4 Å². The lowest BCUT2D eigenvalue weighted by atomic mass is 10.2. The average molecular weight is 413 g/mol. The number of carbonyl (C=O) groups excluding carboxylic acids is 2. The number of nitrogens with zero attached hydrogens (tertiary/aromatic N) is 2. The molecular weight excluding hydrogens is 388 g/mol. The number of para-hydroxylation sites is 1. The maximum Gasteiger partial charge on any atom is 0.307 e. The fraction of sp³-hybridized carbons (Fsp3) is 0.318. The summed E-state index contributed by atoms with van der Waals surface area (Å²) < 4.78 is 13.3. The molecule has 0 fully saturated rings. The Kier molecular flexibility index (Phi) is 7.19. The Balaban J connectivity index is 1.81. The number of esters is 1. The average Bonchev–Trinajstić information content (AvgIpc) is 3.08. The van der Waals surface area contributed by atoms with Gasteiger partial charge in [0.15, 0.2) is 4.80 Å². The minimum atomic E-state index is -0.296. The second kappa shape index (κ2) is 10.0. The summed E-state index contributed by atoms with van der Waals surface area (Å²) in [5.41, 5.74) is 2.18. The highest BCUT2D eigenvalue weighted by molar-refractivity contribution is 7.16. The summed E-state index contributed by atoms with van der Waals surface area (Å²) in [4.78, 5) is 28.9. The molecule has 0 saturated heterocycles. The lowest BCUT2D eigenvalue weighted by Crippen LogP contribution is -2.19. The Morgan fingerprint density at radius 1 is 1.10 bits per heavy atom. The molecule has 152 valence electrons. The van der Waals surface area contributed by atoms with Crippen LogP contribution in [0.4, 0.5) is 0 Å². The van der Waals surface area contributed by atoms with Crippen molar-refractivity contribution in [2.24, 2.45) is 4.99 Å². The first-order valence-electron chi connectivity index (χ1n) is 9.55. The highest BCUT2D eigenvalue weighted by atomic mass is 32.1. The van der Waals surface area contributed by atoms with E-state index in [0.29, 0.717) is 11.3 Å². The molecule has 0 N–H and O–H groups in total. The van der Waals surface area contributed by atoms with E-state index in [1.54, 1.807) is 0 Å². The molecule has 1 heterocycles. The normalized spacial score (nSPS) is 11.6. The molecule has 3 aromatic rings. The molecule has 0 bridgehead atoms. The van der Waals surface area contributed by atoms with Crippen LogP contribution < -0.4 is 9.54 Å². The number of benzene rings is 2. The van der Waals surface area contributed by atoms with E-state index in [9.17, 15) is 9.59 Å². The molecular formula is C22H24N2O4S. The van der Waals surface area contributed by atoms with Gasteiger partial charge in [-0.05, 0) is 36.2 Å². The zero-order chi connectivity index (χ0) is 20.6. The summed E-state index contributed by atoms with van der Waals surface area (Å²) in [6.45, 7) is 2.77. The van der Waals surface area contributed by atoms with Gasteiger partial charge in [0.1, 0.15) is 5.75 Å². The Bertz CT molecular complexity index is 1050. The van der Waals surface area contributed by atoms with E-state index in [-0.39, 0.29) is 31.3 Å². The van der Waals surface area contributed by atoms with Gasteiger partial charge in [-0.3, -0.25) is 9.59 Å². The van der Waals surface area contributed by atoms with Crippen molar-refractivity contribution in [2.45, 2.75) is 32.7 Å². The molecule has 1 aromatic heterocycles. The van der Waals surface area contributed by atoms with Crippen LogP contribution >= 0.6 is 11.3 Å². The first-order chi connectivity index (χ1) is 14.1. The maximum absolute atomic E-state index is 12.4. The SMILES string of the molecule is CCc1ccc2c(c1)sc(=NC(=O)CCOc1ccccc1)n2CCC(=O)OC. The lowest BCUT2D eigenvalue weighted by Gasteiger charge is -2.05. The Morgan fingerprint density at radius 3 is 2.62 bits per heavy atom. The van der Waals surface area contributed by atoms with E-state index in [1.165, 1.54) is 24.0 Å². The van der Waals surface area contributed by atoms with Gasteiger partial charge in [0.25, 0.3) is 5.91 Å². The molecule has 1 amide bonds. The summed E-state index contributed by atoms with van der Waals surface area (Å²) >= 11 is 1.45. The number of amides is 1. The van der Waals surface area contributed by atoms with Crippen molar-refractivity contribution >= 4 is 33.4 Å². The quantitative estimate of drug-likeness (QED) is 0.529. The predicted octanol–water partition coefficient (Wildman–Crippen LogP) is 3.72. The third-order valence-corrected chi connectivity index (χ3v) is 5.51. The number of fused-ring (bicyclic) bond motifs is 1. The second-order valence-electron chi connectivity index (χ2n) is 6.44. The molecule has 29 heavy (non-hydrogen) atoms. The van der Waals surface area contributed by atoms with Crippen molar-refractivity contribution in [1.82, 2.24) is 4.57 Å². The Hall–Kier alpha value is -2.93. The van der Waals surface area contributed by atoms with Crippen molar-refractivity contribution in [1.29, 1.82) is 0 Å². The van der Waals surface area contributed by atoms with E-state index in [1.807, 2.05) is 41.0 Å². The van der Waals surface area contributed by atoms with Crippen LogP contribution in [0, 0.1) is 0 Å². The topological polar surface area (TPSA) is 69.9 Å². The van der Waals surface area contributed by atoms with Gasteiger partial charge < -0.3 is 14.0 Å². The van der Waals surface area contributed by atoms with Gasteiger partial charge in [-0.25, -0.2) is 0 Å². The van der Waals surface area contributed by atoms with Crippen molar-refractivity contribution in [3.63, 3.8) is 0 Å². The first kappa shape index (κ1) is 20.8. The number of aromatic nitrogens is 1. The summed E-state index contributed by atoms with van der Waals surface area (Å²) in [5.74, 6) is 0.174. The van der Waals surface area contributed by atoms with E-state index in [4.69, 9.17) is 9.47 Å². The lowest BCUT2D eigenvalue weighted by molar-refractivity contribution is -0.140. The number of thiazole rings is 1. The Labute approximate surface area is 173 Å². The van der Waals surface area contributed by atoms with Crippen LogP contribution in [-0.2, 0) is 27.3 Å². The Morgan fingerprint density at radius 2 is 1.90 bits per heavy atom. The number of hydrogen-bond donors (Lipinski definition) is 0. The summed E-state index contributed by atoms with van der Waals surface area (Å²) in [7, 11) is 1.37.